The Balaban J connectivity index is 2.90. The van der Waals surface area contributed by atoms with Crippen molar-refractivity contribution in [2.75, 3.05) is 7.11 Å². The molecule has 0 spiro atoms. The largest absolute Gasteiger partial charge is 0.469 e. The Labute approximate surface area is 84.1 Å². The van der Waals surface area contributed by atoms with Crippen molar-refractivity contribution in [2.45, 2.75) is 26.7 Å². The average molecular weight is 196 g/mol. The number of carbonyl (C=O) groups excluding carboxylic acids is 2. The number of ketones is 1. The van der Waals surface area contributed by atoms with Gasteiger partial charge in [0.05, 0.1) is 13.0 Å². The number of hydrogen-bond acceptors (Lipinski definition) is 3. The van der Waals surface area contributed by atoms with Gasteiger partial charge in [-0.05, 0) is 18.4 Å². The van der Waals surface area contributed by atoms with Crippen LogP contribution < -0.4 is 0 Å². The maximum absolute atomic E-state index is 11.4. The van der Waals surface area contributed by atoms with Crippen LogP contribution >= 0.6 is 0 Å². The van der Waals surface area contributed by atoms with E-state index in [0.29, 0.717) is 12.8 Å². The molecule has 0 aliphatic heterocycles. The van der Waals surface area contributed by atoms with E-state index >= 15 is 0 Å². The molecule has 0 aromatic heterocycles. The number of ether oxygens (including phenoxy) is 1. The van der Waals surface area contributed by atoms with Gasteiger partial charge in [-0.1, -0.05) is 19.4 Å². The van der Waals surface area contributed by atoms with Crippen molar-refractivity contribution in [2.24, 2.45) is 11.8 Å². The van der Waals surface area contributed by atoms with Crippen molar-refractivity contribution in [3.63, 3.8) is 0 Å². The minimum absolute atomic E-state index is 0.119. The fourth-order valence-electron chi connectivity index (χ4n) is 1.78. The van der Waals surface area contributed by atoms with Crippen LogP contribution in [0.5, 0.6) is 0 Å². The number of carbonyl (C=O) groups is 2. The van der Waals surface area contributed by atoms with Crippen molar-refractivity contribution in [1.29, 1.82) is 0 Å². The van der Waals surface area contributed by atoms with Gasteiger partial charge in [-0.2, -0.15) is 0 Å². The Morgan fingerprint density at radius 3 is 2.71 bits per heavy atom. The van der Waals surface area contributed by atoms with E-state index in [9.17, 15) is 9.59 Å². The summed E-state index contributed by atoms with van der Waals surface area (Å²) in [4.78, 5) is 22.6. The standard InChI is InChI=1S/C11H16O3/c1-7(2)10-6-8(12)4-5-9(10)11(13)14-3/h6-7,9H,4-5H2,1-3H3/t9-/m0/s1. The molecular formula is C11H16O3. The first-order chi connectivity index (χ1) is 6.56. The van der Waals surface area contributed by atoms with Gasteiger partial charge in [0, 0.05) is 6.42 Å². The van der Waals surface area contributed by atoms with Gasteiger partial charge >= 0.3 is 5.97 Å². The van der Waals surface area contributed by atoms with Crippen LogP contribution in [0.15, 0.2) is 11.6 Å². The lowest BCUT2D eigenvalue weighted by atomic mass is 9.81. The summed E-state index contributed by atoms with van der Waals surface area (Å²) in [6.07, 6.45) is 2.65. The quantitative estimate of drug-likeness (QED) is 0.631. The zero-order valence-corrected chi connectivity index (χ0v) is 8.87. The van der Waals surface area contributed by atoms with Gasteiger partial charge in [-0.25, -0.2) is 0 Å². The Morgan fingerprint density at radius 1 is 1.57 bits per heavy atom. The molecule has 3 heteroatoms. The molecule has 0 heterocycles. The lowest BCUT2D eigenvalue weighted by molar-refractivity contribution is -0.144. The summed E-state index contributed by atoms with van der Waals surface area (Å²) in [5.74, 6) is -0.0904. The van der Waals surface area contributed by atoms with E-state index < -0.39 is 0 Å². The first kappa shape index (κ1) is 11.0. The fraction of sp³-hybridized carbons (Fsp3) is 0.636. The summed E-state index contributed by atoms with van der Waals surface area (Å²) >= 11 is 0. The minimum Gasteiger partial charge on any atom is -0.469 e. The molecule has 1 atom stereocenters. The highest BCUT2D eigenvalue weighted by Crippen LogP contribution is 2.29. The van der Waals surface area contributed by atoms with Crippen molar-refractivity contribution in [3.05, 3.63) is 11.6 Å². The molecule has 1 aliphatic rings. The van der Waals surface area contributed by atoms with Gasteiger partial charge in [0.1, 0.15) is 0 Å². The molecule has 14 heavy (non-hydrogen) atoms. The normalized spacial score (nSPS) is 22.1. The molecular weight excluding hydrogens is 180 g/mol. The van der Waals surface area contributed by atoms with Gasteiger partial charge in [0.25, 0.3) is 0 Å². The predicted molar refractivity (Wildman–Crippen MR) is 52.7 cm³/mol. The molecule has 0 saturated carbocycles. The smallest absolute Gasteiger partial charge is 0.312 e. The molecule has 0 amide bonds. The number of esters is 1. The second-order valence-electron chi connectivity index (χ2n) is 3.88. The summed E-state index contributed by atoms with van der Waals surface area (Å²) in [7, 11) is 1.39. The van der Waals surface area contributed by atoms with Crippen molar-refractivity contribution in [3.8, 4) is 0 Å². The van der Waals surface area contributed by atoms with E-state index in [-0.39, 0.29) is 23.6 Å². The maximum atomic E-state index is 11.4. The number of allylic oxidation sites excluding steroid dienone is 1. The average Bonchev–Trinajstić information content (AvgIpc) is 2.16. The van der Waals surface area contributed by atoms with Crippen molar-refractivity contribution < 1.29 is 14.3 Å². The number of hydrogen-bond donors (Lipinski definition) is 0. The van der Waals surface area contributed by atoms with E-state index in [2.05, 4.69) is 0 Å². The summed E-state index contributed by atoms with van der Waals surface area (Å²) in [5.41, 5.74) is 0.910. The third kappa shape index (κ3) is 2.22. The second kappa shape index (κ2) is 4.40. The predicted octanol–water partition coefficient (Wildman–Crippen LogP) is 1.72. The lowest BCUT2D eigenvalue weighted by Crippen LogP contribution is -2.25. The summed E-state index contributed by atoms with van der Waals surface area (Å²) in [5, 5.41) is 0. The third-order valence-electron chi connectivity index (χ3n) is 2.56. The molecule has 1 rings (SSSR count). The molecule has 0 bridgehead atoms. The van der Waals surface area contributed by atoms with Gasteiger partial charge in [-0.15, -0.1) is 0 Å². The van der Waals surface area contributed by atoms with Crippen LogP contribution in [-0.4, -0.2) is 18.9 Å². The first-order valence-corrected chi connectivity index (χ1v) is 4.88. The van der Waals surface area contributed by atoms with E-state index in [1.807, 2.05) is 13.8 Å². The summed E-state index contributed by atoms with van der Waals surface area (Å²) in [6.45, 7) is 3.97. The minimum atomic E-state index is -0.225. The zero-order valence-electron chi connectivity index (χ0n) is 8.87. The van der Waals surface area contributed by atoms with Gasteiger partial charge in [-0.3, -0.25) is 9.59 Å². The molecule has 0 aromatic carbocycles. The number of methoxy groups -OCH3 is 1. The summed E-state index contributed by atoms with van der Waals surface area (Å²) in [6, 6.07) is 0. The molecule has 78 valence electrons. The molecule has 0 unspecified atom stereocenters. The Morgan fingerprint density at radius 2 is 2.21 bits per heavy atom. The second-order valence-corrected chi connectivity index (χ2v) is 3.88. The highest BCUT2D eigenvalue weighted by Gasteiger charge is 2.29. The van der Waals surface area contributed by atoms with Crippen LogP contribution in [0.25, 0.3) is 0 Å². The Kier molecular flexibility index (Phi) is 3.44. The van der Waals surface area contributed by atoms with Gasteiger partial charge in [0.15, 0.2) is 5.78 Å². The van der Waals surface area contributed by atoms with Crippen LogP contribution in [0.3, 0.4) is 0 Å². The molecule has 3 nitrogen and oxygen atoms in total. The SMILES string of the molecule is COC(=O)[C@H]1CCC(=O)C=C1C(C)C. The molecule has 0 fully saturated rings. The molecule has 0 aromatic rings. The van der Waals surface area contributed by atoms with Crippen LogP contribution in [0.2, 0.25) is 0 Å². The van der Waals surface area contributed by atoms with E-state index in [1.54, 1.807) is 6.08 Å². The van der Waals surface area contributed by atoms with Crippen LogP contribution in [0.4, 0.5) is 0 Å². The molecule has 1 aliphatic carbocycles. The fourth-order valence-corrected chi connectivity index (χ4v) is 1.78. The molecule has 0 N–H and O–H groups in total. The van der Waals surface area contributed by atoms with Crippen molar-refractivity contribution >= 4 is 11.8 Å². The zero-order chi connectivity index (χ0) is 10.7. The maximum Gasteiger partial charge on any atom is 0.312 e. The van der Waals surface area contributed by atoms with Gasteiger partial charge in [0.2, 0.25) is 0 Å². The lowest BCUT2D eigenvalue weighted by Gasteiger charge is -2.24. The first-order valence-electron chi connectivity index (χ1n) is 4.88. The number of rotatable bonds is 2. The van der Waals surface area contributed by atoms with Crippen LogP contribution in [-0.2, 0) is 14.3 Å². The van der Waals surface area contributed by atoms with Gasteiger partial charge < -0.3 is 4.74 Å². The van der Waals surface area contributed by atoms with E-state index in [4.69, 9.17) is 4.74 Å². The Bertz CT molecular complexity index is 276. The highest BCUT2D eigenvalue weighted by atomic mass is 16.5. The topological polar surface area (TPSA) is 43.4 Å². The Hall–Kier alpha value is -1.12. The van der Waals surface area contributed by atoms with Crippen LogP contribution in [0, 0.1) is 11.8 Å². The van der Waals surface area contributed by atoms with E-state index in [1.165, 1.54) is 7.11 Å². The van der Waals surface area contributed by atoms with Crippen molar-refractivity contribution in [1.82, 2.24) is 0 Å². The monoisotopic (exact) mass is 196 g/mol. The third-order valence-corrected chi connectivity index (χ3v) is 2.56. The highest BCUT2D eigenvalue weighted by molar-refractivity contribution is 5.93. The van der Waals surface area contributed by atoms with E-state index in [0.717, 1.165) is 5.57 Å². The summed E-state index contributed by atoms with van der Waals surface area (Å²) < 4.78 is 4.71. The van der Waals surface area contributed by atoms with Crippen LogP contribution in [0.1, 0.15) is 26.7 Å². The molecule has 0 saturated heterocycles. The molecule has 0 radical (unpaired) electrons.